The Morgan fingerprint density at radius 1 is 1.30 bits per heavy atom. The fraction of sp³-hybridized carbons (Fsp3) is 0.630. The van der Waals surface area contributed by atoms with Crippen molar-refractivity contribution in [1.82, 2.24) is 5.06 Å². The molecule has 7 nitrogen and oxygen atoms in total. The molecular formula is C27H30ClF2NO6. The van der Waals surface area contributed by atoms with E-state index >= 15 is 8.78 Å². The van der Waals surface area contributed by atoms with Crippen LogP contribution >= 0.6 is 11.6 Å². The smallest absolute Gasteiger partial charge is 0.193 e. The van der Waals surface area contributed by atoms with Gasteiger partial charge in [0.25, 0.3) is 0 Å². The van der Waals surface area contributed by atoms with E-state index in [4.69, 9.17) is 20.9 Å². The van der Waals surface area contributed by atoms with Crippen molar-refractivity contribution in [2.45, 2.75) is 63.4 Å². The first kappa shape index (κ1) is 25.4. The summed E-state index contributed by atoms with van der Waals surface area (Å²) in [5.41, 5.74) is -6.20. The first-order valence-electron chi connectivity index (χ1n) is 12.7. The van der Waals surface area contributed by atoms with Crippen molar-refractivity contribution in [3.8, 4) is 0 Å². The van der Waals surface area contributed by atoms with Crippen LogP contribution < -0.4 is 0 Å². The van der Waals surface area contributed by atoms with Gasteiger partial charge in [0.2, 0.25) is 0 Å². The number of rotatable bonds is 4. The lowest BCUT2D eigenvalue weighted by Crippen LogP contribution is -2.69. The highest BCUT2D eigenvalue weighted by atomic mass is 35.5. The monoisotopic (exact) mass is 537 g/mol. The topological polar surface area (TPSA) is 100 Å². The SMILES string of the molecule is C[C@]12C=CC(=O)CC1=C(F)C[C@H]1[C@@H]3C[C@H]4CN(Cc5ccc(Cl)o5)O[C@@]4(C(=O)CO)[C@@]3(C)C[C@H](O)[C@@]12F. The van der Waals surface area contributed by atoms with Crippen LogP contribution in [0.15, 0.2) is 40.1 Å². The van der Waals surface area contributed by atoms with Crippen LogP contribution in [-0.2, 0) is 21.0 Å². The van der Waals surface area contributed by atoms with Crippen molar-refractivity contribution in [3.05, 3.63) is 46.7 Å². The van der Waals surface area contributed by atoms with E-state index < -0.39 is 64.2 Å². The number of hydroxylamine groups is 2. The fourth-order valence-electron chi connectivity index (χ4n) is 8.62. The number of furan rings is 1. The van der Waals surface area contributed by atoms with Crippen LogP contribution in [0.25, 0.3) is 0 Å². The molecule has 0 spiro atoms. The number of ketones is 2. The molecule has 2 saturated carbocycles. The zero-order chi connectivity index (χ0) is 26.5. The number of fused-ring (bicyclic) bond motifs is 7. The molecule has 2 heterocycles. The molecule has 0 radical (unpaired) electrons. The van der Waals surface area contributed by atoms with E-state index in [-0.39, 0.29) is 42.4 Å². The summed E-state index contributed by atoms with van der Waals surface area (Å²) < 4.78 is 38.4. The Balaban J connectivity index is 1.41. The first-order chi connectivity index (χ1) is 17.4. The molecule has 0 bridgehead atoms. The largest absolute Gasteiger partial charge is 0.448 e. The van der Waals surface area contributed by atoms with Gasteiger partial charge in [-0.05, 0) is 61.1 Å². The van der Waals surface area contributed by atoms with E-state index in [0.717, 1.165) is 0 Å². The van der Waals surface area contributed by atoms with Crippen molar-refractivity contribution in [2.75, 3.05) is 13.2 Å². The van der Waals surface area contributed by atoms with Gasteiger partial charge in [-0.3, -0.25) is 14.4 Å². The van der Waals surface area contributed by atoms with E-state index in [1.165, 1.54) is 12.2 Å². The predicted molar refractivity (Wildman–Crippen MR) is 127 cm³/mol. The number of allylic oxidation sites excluding steroid dienone is 4. The fourth-order valence-corrected chi connectivity index (χ4v) is 8.78. The number of Topliss-reactive ketones (excluding diaryl/α,β-unsaturated/α-hetero) is 1. The molecule has 0 aromatic carbocycles. The van der Waals surface area contributed by atoms with Gasteiger partial charge in [0, 0.05) is 42.1 Å². The Bertz CT molecular complexity index is 1250. The van der Waals surface area contributed by atoms with Crippen LogP contribution in [0.2, 0.25) is 5.22 Å². The molecule has 0 unspecified atom stereocenters. The predicted octanol–water partition coefficient (Wildman–Crippen LogP) is 3.87. The summed E-state index contributed by atoms with van der Waals surface area (Å²) in [6.45, 7) is 3.09. The zero-order valence-corrected chi connectivity index (χ0v) is 21.4. The van der Waals surface area contributed by atoms with Gasteiger partial charge in [-0.2, -0.15) is 5.06 Å². The summed E-state index contributed by atoms with van der Waals surface area (Å²) in [6, 6.07) is 3.30. The molecule has 1 aromatic rings. The number of halogens is 3. The molecule has 3 fully saturated rings. The van der Waals surface area contributed by atoms with Crippen LogP contribution in [0.4, 0.5) is 8.78 Å². The average Bonchev–Trinajstić information content (AvgIpc) is 3.49. The average molecular weight is 538 g/mol. The lowest BCUT2D eigenvalue weighted by Gasteiger charge is -2.62. The molecule has 5 aliphatic rings. The normalized spacial score (nSPS) is 45.0. The number of carbonyl (C=O) groups excluding carboxylic acids is 2. The number of nitrogens with zero attached hydrogens (tertiary/aromatic N) is 1. The van der Waals surface area contributed by atoms with Crippen LogP contribution in [0.1, 0.15) is 45.3 Å². The second-order valence-electron chi connectivity index (χ2n) is 11.8. The number of hydrogen-bond acceptors (Lipinski definition) is 7. The summed E-state index contributed by atoms with van der Waals surface area (Å²) in [6.07, 6.45) is 0.919. The van der Waals surface area contributed by atoms with Crippen molar-refractivity contribution >= 4 is 23.2 Å². The lowest BCUT2D eigenvalue weighted by molar-refractivity contribution is -0.267. The molecular weight excluding hydrogens is 508 g/mol. The molecule has 37 heavy (non-hydrogen) atoms. The summed E-state index contributed by atoms with van der Waals surface area (Å²) >= 11 is 5.89. The highest BCUT2D eigenvalue weighted by Crippen LogP contribution is 2.72. The van der Waals surface area contributed by atoms with Gasteiger partial charge >= 0.3 is 0 Å². The molecule has 6 rings (SSSR count). The number of aliphatic hydroxyl groups is 2. The van der Waals surface area contributed by atoms with Gasteiger partial charge in [-0.1, -0.05) is 13.0 Å². The van der Waals surface area contributed by atoms with E-state index in [1.54, 1.807) is 31.0 Å². The maximum absolute atomic E-state index is 17.4. The van der Waals surface area contributed by atoms with E-state index in [0.29, 0.717) is 18.7 Å². The maximum atomic E-state index is 17.4. The van der Waals surface area contributed by atoms with Gasteiger partial charge in [-0.25, -0.2) is 8.78 Å². The van der Waals surface area contributed by atoms with Gasteiger partial charge in [0.15, 0.2) is 28.1 Å². The van der Waals surface area contributed by atoms with Gasteiger partial charge < -0.3 is 14.6 Å². The highest BCUT2D eigenvalue weighted by Gasteiger charge is 2.79. The van der Waals surface area contributed by atoms with Crippen LogP contribution in [-0.4, -0.2) is 57.4 Å². The number of hydrogen-bond donors (Lipinski definition) is 2. The maximum Gasteiger partial charge on any atom is 0.193 e. The number of alkyl halides is 1. The van der Waals surface area contributed by atoms with Crippen molar-refractivity contribution in [2.24, 2.45) is 28.6 Å². The van der Waals surface area contributed by atoms with Gasteiger partial charge in [0.1, 0.15) is 18.2 Å². The minimum absolute atomic E-state index is 0.0975. The van der Waals surface area contributed by atoms with E-state index in [9.17, 15) is 19.8 Å². The van der Waals surface area contributed by atoms with E-state index in [2.05, 4.69) is 0 Å². The molecule has 10 heteroatoms. The van der Waals surface area contributed by atoms with Gasteiger partial charge in [0.05, 0.1) is 12.6 Å². The second kappa shape index (κ2) is 8.05. The molecule has 4 aliphatic carbocycles. The third kappa shape index (κ3) is 3.06. The minimum atomic E-state index is -2.23. The first-order valence-corrected chi connectivity index (χ1v) is 13.1. The van der Waals surface area contributed by atoms with Crippen molar-refractivity contribution < 1.29 is 37.8 Å². The van der Waals surface area contributed by atoms with Crippen molar-refractivity contribution in [1.29, 1.82) is 0 Å². The third-order valence-corrected chi connectivity index (χ3v) is 10.4. The molecule has 0 amide bonds. The number of carbonyl (C=O) groups is 2. The van der Waals surface area contributed by atoms with Crippen molar-refractivity contribution in [3.63, 3.8) is 0 Å². The summed E-state index contributed by atoms with van der Waals surface area (Å²) in [5, 5.41) is 23.3. The van der Waals surface area contributed by atoms with Crippen LogP contribution in [0.3, 0.4) is 0 Å². The lowest BCUT2D eigenvalue weighted by atomic mass is 9.45. The quantitative estimate of drug-likeness (QED) is 0.601. The summed E-state index contributed by atoms with van der Waals surface area (Å²) in [5.74, 6) is -2.68. The van der Waals surface area contributed by atoms with Crippen LogP contribution in [0, 0.1) is 28.6 Å². The van der Waals surface area contributed by atoms with E-state index in [1.807, 2.05) is 0 Å². The summed E-state index contributed by atoms with van der Waals surface area (Å²) in [4.78, 5) is 31.9. The molecule has 1 saturated heterocycles. The zero-order valence-electron chi connectivity index (χ0n) is 20.7. The molecule has 200 valence electrons. The second-order valence-corrected chi connectivity index (χ2v) is 12.1. The van der Waals surface area contributed by atoms with Crippen LogP contribution in [0.5, 0.6) is 0 Å². The Labute approximate surface area is 218 Å². The number of aliphatic hydroxyl groups excluding tert-OH is 2. The third-order valence-electron chi connectivity index (χ3n) is 10.2. The standard InChI is InChI=1S/C27H30ClF2NO6/c1-24-6-5-15(33)8-19(24)20(29)9-18-17-7-14-11-31(12-16-3-4-23(28)36-16)37-27(14,22(35)13-32)25(17,2)10-21(34)26(18,24)30/h3-6,14,17-18,21,32,34H,7-13H2,1-2H3/t14-,17-,18-,21-,24-,25-,26-,27-/m0/s1. The highest BCUT2D eigenvalue weighted by molar-refractivity contribution is 6.28. The molecule has 1 aromatic heterocycles. The molecule has 8 atom stereocenters. The Morgan fingerprint density at radius 2 is 2.05 bits per heavy atom. The molecule has 2 N–H and O–H groups in total. The van der Waals surface area contributed by atoms with Gasteiger partial charge in [-0.15, -0.1) is 0 Å². The summed E-state index contributed by atoms with van der Waals surface area (Å²) in [7, 11) is 0. The Hall–Kier alpha value is -1.91. The Morgan fingerprint density at radius 3 is 2.73 bits per heavy atom. The molecule has 1 aliphatic heterocycles. The Kier molecular flexibility index (Phi) is 5.52. The minimum Gasteiger partial charge on any atom is -0.448 e.